The normalized spacial score (nSPS) is 12.7. The van der Waals surface area contributed by atoms with Crippen LogP contribution in [-0.4, -0.2) is 18.5 Å². The molecule has 0 aromatic carbocycles. The van der Waals surface area contributed by atoms with Gasteiger partial charge >= 0.3 is 0 Å². The van der Waals surface area contributed by atoms with Crippen LogP contribution in [0.3, 0.4) is 0 Å². The average Bonchev–Trinajstić information content (AvgIpc) is 1.98. The van der Waals surface area contributed by atoms with Crippen molar-refractivity contribution in [1.29, 1.82) is 0 Å². The Balaban J connectivity index is 3.76. The second-order valence-corrected chi connectivity index (χ2v) is 4.01. The summed E-state index contributed by atoms with van der Waals surface area (Å²) in [6, 6.07) is -0.448. The zero-order valence-electron chi connectivity index (χ0n) is 8.14. The molecule has 0 aliphatic heterocycles. The number of hydrogen-bond donors (Lipinski definition) is 2. The smallest absolute Gasteiger partial charge is 0.237 e. The van der Waals surface area contributed by atoms with Gasteiger partial charge in [-0.2, -0.15) is 0 Å². The van der Waals surface area contributed by atoms with Gasteiger partial charge in [-0.25, -0.2) is 0 Å². The highest BCUT2D eigenvalue weighted by molar-refractivity contribution is 6.29. The zero-order valence-corrected chi connectivity index (χ0v) is 8.90. The van der Waals surface area contributed by atoms with E-state index in [0.29, 0.717) is 17.4 Å². The fourth-order valence-corrected chi connectivity index (χ4v) is 0.996. The van der Waals surface area contributed by atoms with E-state index in [1.54, 1.807) is 0 Å². The molecule has 0 aliphatic rings. The lowest BCUT2D eigenvalue weighted by atomic mass is 10.0. The summed E-state index contributed by atoms with van der Waals surface area (Å²) in [6.45, 7) is 7.78. The third-order valence-electron chi connectivity index (χ3n) is 1.52. The summed E-state index contributed by atoms with van der Waals surface area (Å²) < 4.78 is 0. The van der Waals surface area contributed by atoms with Gasteiger partial charge in [-0.05, 0) is 12.3 Å². The zero-order chi connectivity index (χ0) is 10.4. The van der Waals surface area contributed by atoms with Crippen molar-refractivity contribution < 1.29 is 4.79 Å². The van der Waals surface area contributed by atoms with E-state index in [9.17, 15) is 4.79 Å². The van der Waals surface area contributed by atoms with Gasteiger partial charge in [0, 0.05) is 5.03 Å². The first-order valence-corrected chi connectivity index (χ1v) is 4.67. The van der Waals surface area contributed by atoms with Crippen molar-refractivity contribution in [2.24, 2.45) is 11.7 Å². The van der Waals surface area contributed by atoms with Crippen molar-refractivity contribution >= 4 is 17.5 Å². The third-order valence-corrected chi connectivity index (χ3v) is 1.65. The number of amides is 1. The SMILES string of the molecule is C=C(Cl)CNC(=O)[C@@H](N)CC(C)C. The van der Waals surface area contributed by atoms with E-state index in [2.05, 4.69) is 11.9 Å². The van der Waals surface area contributed by atoms with Crippen molar-refractivity contribution in [3.63, 3.8) is 0 Å². The van der Waals surface area contributed by atoms with E-state index < -0.39 is 6.04 Å². The van der Waals surface area contributed by atoms with Crippen molar-refractivity contribution in [2.45, 2.75) is 26.3 Å². The number of rotatable bonds is 5. The minimum Gasteiger partial charge on any atom is -0.350 e. The second kappa shape index (κ2) is 6.00. The van der Waals surface area contributed by atoms with Crippen LogP contribution in [-0.2, 0) is 4.79 Å². The molecule has 3 nitrogen and oxygen atoms in total. The van der Waals surface area contributed by atoms with Gasteiger partial charge in [0.25, 0.3) is 0 Å². The molecule has 1 amide bonds. The molecule has 0 rings (SSSR count). The molecule has 0 heterocycles. The molecule has 3 N–H and O–H groups in total. The minimum atomic E-state index is -0.448. The van der Waals surface area contributed by atoms with Crippen LogP contribution in [0.15, 0.2) is 11.6 Å². The predicted octanol–water partition coefficient (Wildman–Crippen LogP) is 1.23. The summed E-state index contributed by atoms with van der Waals surface area (Å²) in [4.78, 5) is 11.2. The Morgan fingerprint density at radius 1 is 1.62 bits per heavy atom. The van der Waals surface area contributed by atoms with Crippen LogP contribution in [0.4, 0.5) is 0 Å². The fourth-order valence-electron chi connectivity index (χ4n) is 0.929. The van der Waals surface area contributed by atoms with E-state index in [0.717, 1.165) is 0 Å². The van der Waals surface area contributed by atoms with E-state index in [1.807, 2.05) is 13.8 Å². The van der Waals surface area contributed by atoms with Crippen LogP contribution < -0.4 is 11.1 Å². The molecule has 0 aliphatic carbocycles. The molecule has 1 atom stereocenters. The molecular formula is C9H17ClN2O. The summed E-state index contributed by atoms with van der Waals surface area (Å²) in [5.74, 6) is 0.246. The van der Waals surface area contributed by atoms with Crippen molar-refractivity contribution in [2.75, 3.05) is 6.54 Å². The standard InChI is InChI=1S/C9H17ClN2O/c1-6(2)4-8(11)9(13)12-5-7(3)10/h6,8H,3-5,11H2,1-2H3,(H,12,13)/t8-/m0/s1. The van der Waals surface area contributed by atoms with E-state index in [4.69, 9.17) is 17.3 Å². The Labute approximate surface area is 84.3 Å². The van der Waals surface area contributed by atoms with Crippen LogP contribution >= 0.6 is 11.6 Å². The number of halogens is 1. The Kier molecular flexibility index (Phi) is 5.75. The number of nitrogens with one attached hydrogen (secondary N) is 1. The summed E-state index contributed by atoms with van der Waals surface area (Å²) in [6.07, 6.45) is 0.681. The maximum absolute atomic E-state index is 11.2. The number of nitrogens with two attached hydrogens (primary N) is 1. The first-order valence-electron chi connectivity index (χ1n) is 4.30. The average molecular weight is 205 g/mol. The first kappa shape index (κ1) is 12.5. The highest BCUT2D eigenvalue weighted by Gasteiger charge is 2.13. The largest absolute Gasteiger partial charge is 0.350 e. The van der Waals surface area contributed by atoms with E-state index in [1.165, 1.54) is 0 Å². The lowest BCUT2D eigenvalue weighted by Crippen LogP contribution is -2.41. The lowest BCUT2D eigenvalue weighted by molar-refractivity contribution is -0.122. The number of carbonyl (C=O) groups is 1. The molecule has 76 valence electrons. The lowest BCUT2D eigenvalue weighted by Gasteiger charge is -2.13. The topological polar surface area (TPSA) is 55.1 Å². The van der Waals surface area contributed by atoms with Gasteiger partial charge in [-0.3, -0.25) is 4.79 Å². The Morgan fingerprint density at radius 2 is 2.15 bits per heavy atom. The van der Waals surface area contributed by atoms with Crippen LogP contribution in [0, 0.1) is 5.92 Å². The maximum Gasteiger partial charge on any atom is 0.237 e. The van der Waals surface area contributed by atoms with Crippen molar-refractivity contribution in [3.05, 3.63) is 11.6 Å². The Morgan fingerprint density at radius 3 is 2.54 bits per heavy atom. The number of carbonyl (C=O) groups excluding carboxylic acids is 1. The highest BCUT2D eigenvalue weighted by atomic mass is 35.5. The summed E-state index contributed by atoms with van der Waals surface area (Å²) in [5, 5.41) is 3.00. The molecule has 0 spiro atoms. The molecule has 0 saturated heterocycles. The summed E-state index contributed by atoms with van der Waals surface area (Å²) in [7, 11) is 0. The van der Waals surface area contributed by atoms with Gasteiger partial charge < -0.3 is 11.1 Å². The maximum atomic E-state index is 11.2. The van der Waals surface area contributed by atoms with Gasteiger partial charge in [0.1, 0.15) is 0 Å². The molecule has 0 fully saturated rings. The van der Waals surface area contributed by atoms with Gasteiger partial charge in [-0.1, -0.05) is 32.0 Å². The van der Waals surface area contributed by atoms with Gasteiger partial charge in [0.05, 0.1) is 12.6 Å². The highest BCUT2D eigenvalue weighted by Crippen LogP contribution is 2.02. The molecular weight excluding hydrogens is 188 g/mol. The molecule has 0 saturated carbocycles. The third kappa shape index (κ3) is 6.61. The van der Waals surface area contributed by atoms with E-state index >= 15 is 0 Å². The van der Waals surface area contributed by atoms with Crippen molar-refractivity contribution in [3.8, 4) is 0 Å². The summed E-state index contributed by atoms with van der Waals surface area (Å²) >= 11 is 5.48. The Hall–Kier alpha value is -0.540. The fraction of sp³-hybridized carbons (Fsp3) is 0.667. The van der Waals surface area contributed by atoms with Crippen LogP contribution in [0.2, 0.25) is 0 Å². The summed E-state index contributed by atoms with van der Waals surface area (Å²) in [5.41, 5.74) is 5.62. The molecule has 0 unspecified atom stereocenters. The minimum absolute atomic E-state index is 0.171. The molecule has 0 radical (unpaired) electrons. The molecule has 4 heteroatoms. The van der Waals surface area contributed by atoms with Crippen molar-refractivity contribution in [1.82, 2.24) is 5.32 Å². The second-order valence-electron chi connectivity index (χ2n) is 3.47. The van der Waals surface area contributed by atoms with E-state index in [-0.39, 0.29) is 12.5 Å². The Bertz CT molecular complexity index is 192. The molecule has 0 bridgehead atoms. The predicted molar refractivity (Wildman–Crippen MR) is 55.4 cm³/mol. The first-order chi connectivity index (χ1) is 5.93. The van der Waals surface area contributed by atoms with Crippen LogP contribution in [0.1, 0.15) is 20.3 Å². The number of hydrogen-bond acceptors (Lipinski definition) is 2. The quantitative estimate of drug-likeness (QED) is 0.708. The molecule has 0 aromatic heterocycles. The monoisotopic (exact) mass is 204 g/mol. The van der Waals surface area contributed by atoms with Gasteiger partial charge in [-0.15, -0.1) is 0 Å². The van der Waals surface area contributed by atoms with Gasteiger partial charge in [0.2, 0.25) is 5.91 Å². The van der Waals surface area contributed by atoms with Crippen LogP contribution in [0.5, 0.6) is 0 Å². The molecule has 0 aromatic rings. The molecule has 13 heavy (non-hydrogen) atoms. The van der Waals surface area contributed by atoms with Crippen LogP contribution in [0.25, 0.3) is 0 Å². The van der Waals surface area contributed by atoms with Gasteiger partial charge in [0.15, 0.2) is 0 Å².